The quantitative estimate of drug-likeness (QED) is 0.0283. The Labute approximate surface area is 601 Å². The van der Waals surface area contributed by atoms with Crippen LogP contribution in [-0.2, 0) is 36.8 Å². The fourth-order valence-electron chi connectivity index (χ4n) is 44.9. The van der Waals surface area contributed by atoms with Crippen LogP contribution < -0.4 is 5.73 Å². The minimum Gasteiger partial charge on any atom is -0.392 e. The fraction of sp³-hybridized carbons (Fsp3) is 0.975. The van der Waals surface area contributed by atoms with Crippen LogP contribution in [0.3, 0.4) is 0 Å². The van der Waals surface area contributed by atoms with Crippen molar-refractivity contribution in [1.82, 2.24) is 9.80 Å². The number of unbranched alkanes of at least 4 members (excludes halogenated alkanes) is 2. The van der Waals surface area contributed by atoms with Crippen molar-refractivity contribution >= 4 is 51.3 Å². The van der Waals surface area contributed by atoms with Crippen molar-refractivity contribution in [1.29, 1.82) is 0 Å². The van der Waals surface area contributed by atoms with Crippen LogP contribution in [0.25, 0.3) is 0 Å². The lowest BCUT2D eigenvalue weighted by atomic mass is 9.02. The molecule has 0 bridgehead atoms. The third-order valence-electron chi connectivity index (χ3n) is 45.5. The molecule has 30 fully saturated rings. The van der Waals surface area contributed by atoms with E-state index in [1.165, 1.54) is 75.9 Å². The topological polar surface area (TPSA) is 239 Å². The van der Waals surface area contributed by atoms with Crippen LogP contribution in [0.2, 0.25) is 0 Å². The summed E-state index contributed by atoms with van der Waals surface area (Å²) < 4.78 is 53.2. The number of phosphoric ester groups is 1. The van der Waals surface area contributed by atoms with Gasteiger partial charge in [-0.25, -0.2) is 9.13 Å². The number of rotatable bonds is 19. The number of fused-ring (bicyclic) bond motifs is 82. The maximum atomic E-state index is 15.1. The predicted octanol–water partition coefficient (Wildman–Crippen LogP) is 6.95. The van der Waals surface area contributed by atoms with Gasteiger partial charge in [0.15, 0.2) is 0 Å². The van der Waals surface area contributed by atoms with Crippen LogP contribution in [0.4, 0.5) is 0 Å². The van der Waals surface area contributed by atoms with Gasteiger partial charge < -0.3 is 45.4 Å². The summed E-state index contributed by atoms with van der Waals surface area (Å²) in [5.41, 5.74) is 5.82. The second-order valence-corrected chi connectivity index (χ2v) is 48.7. The molecule has 0 radical (unpaired) electrons. The first-order valence-electron chi connectivity index (χ1n) is 43.1. The monoisotopic (exact) mass is 1450 g/mol. The molecule has 20 heteroatoms. The highest BCUT2D eigenvalue weighted by Gasteiger charge is 3.01. The molecule has 542 valence electrons. The molecule has 0 spiro atoms. The smallest absolute Gasteiger partial charge is 0.392 e. The number of amides is 2. The fourth-order valence-corrected chi connectivity index (χ4v) is 47.2. The van der Waals surface area contributed by atoms with Gasteiger partial charge in [0.25, 0.3) is 0 Å². The summed E-state index contributed by atoms with van der Waals surface area (Å²) in [5, 5.41) is 50.6. The average molecular weight is 1450 g/mol. The van der Waals surface area contributed by atoms with Gasteiger partial charge in [-0.1, -0.05) is 18.7 Å². The second kappa shape index (κ2) is 17.6. The Morgan fingerprint density at radius 1 is 0.366 bits per heavy atom. The van der Waals surface area contributed by atoms with Crippen LogP contribution in [0.15, 0.2) is 0 Å². The van der Waals surface area contributed by atoms with E-state index in [2.05, 4.69) is 12.6 Å². The molecule has 30 rings (SSSR count). The Hall–Kier alpha value is -0.300. The zero-order valence-electron chi connectivity index (χ0n) is 57.3. The Bertz CT molecular complexity index is 4010. The molecule has 28 saturated carbocycles. The van der Waals surface area contributed by atoms with Gasteiger partial charge in [-0.15, -0.1) is 0 Å². The normalized spacial score (nSPS) is 74.5. The number of thiol groups is 2. The number of carbonyl (C=O) groups excluding carboxylic acids is 2. The van der Waals surface area contributed by atoms with Gasteiger partial charge >= 0.3 is 14.6 Å². The number of nitrogens with zero attached hydrogens (tertiary/aromatic N) is 2. The Balaban J connectivity index is 0.439. The van der Waals surface area contributed by atoms with Crippen molar-refractivity contribution in [2.45, 2.75) is 94.0 Å². The molecule has 30 aliphatic rings. The first-order valence-corrected chi connectivity index (χ1v) is 47.9. The SMILES string of the molecule is NCCCCCC(=O)N1CC(OP(=O)(O)OCC2CC(O)CN2C(=O)CCCS)CC1COP(=O)(S)OCC1C(O)C2C3C(O)C(O)C4C1C1C4C4C1C1C4C4C1C1C4C4C1C1C4C4C1C1C4C4C1C1C4C4C1C1C5C6C7C8C9C%10C%11C%12C%13C%14C%15C%16C3C2C%16C%15C%14C%13C%12C%11C%10C9C8C7C6C5C41. The number of likely N-dealkylation sites (tertiary alicyclic amines) is 2. The lowest BCUT2D eigenvalue weighted by Crippen LogP contribution is -2.99. The molecule has 2 saturated heterocycles. The van der Waals surface area contributed by atoms with Crippen molar-refractivity contribution < 1.29 is 62.1 Å². The van der Waals surface area contributed by atoms with Crippen molar-refractivity contribution in [2.75, 3.05) is 45.2 Å². The molecule has 2 aliphatic heterocycles. The van der Waals surface area contributed by atoms with Crippen LogP contribution >= 0.6 is 39.5 Å². The molecule has 0 aromatic carbocycles. The molecule has 2 amide bonds. The molecule has 0 aromatic rings. The van der Waals surface area contributed by atoms with E-state index in [9.17, 15) is 39.5 Å². The predicted molar refractivity (Wildman–Crippen MR) is 363 cm³/mol. The lowest BCUT2D eigenvalue weighted by Gasteiger charge is -3.02. The summed E-state index contributed by atoms with van der Waals surface area (Å²) in [4.78, 5) is 41.5. The van der Waals surface area contributed by atoms with Crippen LogP contribution in [-0.4, -0.2) is 135 Å². The first kappa shape index (κ1) is 58.6. The number of hydrogen-bond acceptors (Lipinski definition) is 14. The van der Waals surface area contributed by atoms with Crippen LogP contribution in [0.1, 0.15) is 51.4 Å². The van der Waals surface area contributed by atoms with E-state index in [0.717, 1.165) is 202 Å². The number of phosphoric acid groups is 1. The van der Waals surface area contributed by atoms with Gasteiger partial charge in [0.05, 0.1) is 62.4 Å². The van der Waals surface area contributed by atoms with E-state index in [-0.39, 0.29) is 94.1 Å². The van der Waals surface area contributed by atoms with Gasteiger partial charge in [-0.05, 0) is 376 Å². The van der Waals surface area contributed by atoms with Crippen molar-refractivity contribution in [3.05, 3.63) is 0 Å². The van der Waals surface area contributed by atoms with Gasteiger partial charge in [-0.2, -0.15) is 12.6 Å². The molecule has 66 unspecified atom stereocenters. The Morgan fingerprint density at radius 2 is 0.653 bits per heavy atom. The lowest BCUT2D eigenvalue weighted by molar-refractivity contribution is -0.554. The maximum absolute atomic E-state index is 15.1. The molecule has 101 heavy (non-hydrogen) atoms. The summed E-state index contributed by atoms with van der Waals surface area (Å²) in [6, 6.07) is -1.31. The highest BCUT2D eigenvalue weighted by molar-refractivity contribution is 8.44. The number of carbonyl (C=O) groups is 2. The summed E-state index contributed by atoms with van der Waals surface area (Å²) in [6.07, 6.45) is -0.713. The minimum atomic E-state index is -4.75. The number of nitrogens with two attached hydrogens (primary N) is 1. The van der Waals surface area contributed by atoms with Crippen molar-refractivity contribution in [2.24, 2.45) is 343 Å². The van der Waals surface area contributed by atoms with Crippen LogP contribution in [0.5, 0.6) is 0 Å². The van der Waals surface area contributed by atoms with Crippen molar-refractivity contribution in [3.63, 3.8) is 0 Å². The summed E-state index contributed by atoms with van der Waals surface area (Å²) in [7, 11) is -4.75. The molecule has 16 nitrogen and oxygen atoms in total. The number of aliphatic hydroxyl groups is 4. The minimum absolute atomic E-state index is 0.0152. The van der Waals surface area contributed by atoms with E-state index in [4.69, 9.17) is 36.1 Å². The second-order valence-electron chi connectivity index (χ2n) is 44.0. The van der Waals surface area contributed by atoms with E-state index >= 15 is 4.57 Å². The zero-order valence-corrected chi connectivity index (χ0v) is 60.9. The van der Waals surface area contributed by atoms with Gasteiger partial charge in [-0.3, -0.25) is 23.2 Å². The highest BCUT2D eigenvalue weighted by Crippen LogP contribution is 3.04. The first-order chi connectivity index (χ1) is 49.2. The number of β-amino-alcohol motifs (C(OH)–C–C–N with tert-alkyl or cyclic N) is 1. The maximum Gasteiger partial charge on any atom is 0.472 e. The summed E-state index contributed by atoms with van der Waals surface area (Å²) in [5.74, 6) is 50.1. The zero-order chi connectivity index (χ0) is 65.7. The summed E-state index contributed by atoms with van der Waals surface area (Å²) in [6.45, 7) is -4.15. The van der Waals surface area contributed by atoms with E-state index in [0.29, 0.717) is 72.5 Å². The molecule has 0 aromatic heterocycles. The third kappa shape index (κ3) is 5.48. The van der Waals surface area contributed by atoms with Crippen molar-refractivity contribution in [3.8, 4) is 0 Å². The van der Waals surface area contributed by atoms with Crippen LogP contribution in [0, 0.1) is 337 Å². The van der Waals surface area contributed by atoms with E-state index < -0.39 is 63.1 Å². The standard InChI is InChI=1S/C81H103N3O13P2S2/c82-7-3-1-2-5-21(86)84-12-19(97-98(91,92)94-13-16-9-18(85)11-83(16)22(87)6-4-8-100)10-17(84)14-95-99(93,101)96-15-20-23-24-25-26-27-28-29-30-31-32-33-34-35-36-37-39-38(36)42-41(39)44-45(42)48-47(44)50-51(48)54-53(50)56-57(54)60-59(56)62-63(60)66-65(62)68-69(66)72-71(68)74-75(72)78(77(74)79(20)88)81(90)80(89)76(23)73(24)70(25)67(26)64(27)61(28)58(29)55(30)52(31)49(32)46(33)43(34)40(35)37/h16-20,23-81,85,88-90,100H,1-15,82H2,(H,91,92)(H,93,101). The number of hydrogen-bond donors (Lipinski definition) is 8. The molecular formula is C81H103N3O13P2S2. The van der Waals surface area contributed by atoms with Gasteiger partial charge in [0.2, 0.25) is 11.8 Å². The Morgan fingerprint density at radius 3 is 1.01 bits per heavy atom. The summed E-state index contributed by atoms with van der Waals surface area (Å²) >= 11 is 8.98. The molecule has 2 heterocycles. The Kier molecular flexibility index (Phi) is 10.2. The molecular weight excluding hydrogens is 1350 g/mol. The molecule has 7 N–H and O–H groups in total. The van der Waals surface area contributed by atoms with E-state index in [1.807, 2.05) is 0 Å². The third-order valence-corrected chi connectivity index (χ3v) is 48.5. The van der Waals surface area contributed by atoms with Gasteiger partial charge in [0, 0.05) is 31.8 Å². The molecule has 66 atom stereocenters. The van der Waals surface area contributed by atoms with Gasteiger partial charge in [0.1, 0.15) is 0 Å². The average Bonchev–Trinajstić information content (AvgIpc) is 0.763. The molecule has 28 aliphatic carbocycles. The largest absolute Gasteiger partial charge is 0.472 e. The number of aliphatic hydroxyl groups excluding tert-OH is 4. The highest BCUT2D eigenvalue weighted by atomic mass is 32.7. The van der Waals surface area contributed by atoms with E-state index in [1.54, 1.807) is 4.90 Å².